The molecule has 2 amide bonds. The first kappa shape index (κ1) is 21.6. The Morgan fingerprint density at radius 3 is 2.31 bits per heavy atom. The first-order chi connectivity index (χ1) is 15.3. The van der Waals surface area contributed by atoms with Crippen LogP contribution in [0.4, 0.5) is 5.69 Å². The molecule has 0 radical (unpaired) electrons. The third kappa shape index (κ3) is 4.50. The SMILES string of the molecule is Cc1ccc(O)c(NC2=C(Sc3nc(C)cc(C)n3)C(=O)N(Cc3ccccc3)C2=O)c1. The van der Waals surface area contributed by atoms with Crippen molar-refractivity contribution in [2.45, 2.75) is 32.5 Å². The molecule has 2 aromatic carbocycles. The van der Waals surface area contributed by atoms with Crippen molar-refractivity contribution in [1.29, 1.82) is 0 Å². The molecule has 162 valence electrons. The quantitative estimate of drug-likeness (QED) is 0.334. The van der Waals surface area contributed by atoms with Crippen LogP contribution in [0.3, 0.4) is 0 Å². The summed E-state index contributed by atoms with van der Waals surface area (Å²) in [6.07, 6.45) is 0. The first-order valence-corrected chi connectivity index (χ1v) is 10.8. The second-order valence-corrected chi connectivity index (χ2v) is 8.54. The Bertz CT molecular complexity index is 1220. The fourth-order valence-electron chi connectivity index (χ4n) is 3.38. The van der Waals surface area contributed by atoms with Gasteiger partial charge in [-0.3, -0.25) is 14.5 Å². The molecule has 8 heteroatoms. The van der Waals surface area contributed by atoms with Crippen LogP contribution in [0.5, 0.6) is 5.75 Å². The molecular formula is C24H22N4O3S. The van der Waals surface area contributed by atoms with Crippen LogP contribution >= 0.6 is 11.8 Å². The van der Waals surface area contributed by atoms with E-state index >= 15 is 0 Å². The molecule has 1 aliphatic rings. The summed E-state index contributed by atoms with van der Waals surface area (Å²) in [5, 5.41) is 13.6. The van der Waals surface area contributed by atoms with Crippen molar-refractivity contribution in [2.24, 2.45) is 0 Å². The molecule has 1 aliphatic heterocycles. The zero-order valence-corrected chi connectivity index (χ0v) is 18.7. The molecule has 2 N–H and O–H groups in total. The van der Waals surface area contributed by atoms with Gasteiger partial charge >= 0.3 is 0 Å². The number of amides is 2. The van der Waals surface area contributed by atoms with Crippen molar-refractivity contribution in [2.75, 3.05) is 5.32 Å². The van der Waals surface area contributed by atoms with E-state index in [1.165, 1.54) is 4.90 Å². The van der Waals surface area contributed by atoms with Crippen molar-refractivity contribution >= 4 is 29.3 Å². The standard InChI is InChI=1S/C24H22N4O3S/c1-14-9-10-19(29)18(11-14)27-20-21(32-24-25-15(2)12-16(3)26-24)23(31)28(22(20)30)13-17-7-5-4-6-8-17/h4-12,27,29H,13H2,1-3H3. The van der Waals surface area contributed by atoms with Crippen molar-refractivity contribution < 1.29 is 14.7 Å². The Morgan fingerprint density at radius 1 is 0.938 bits per heavy atom. The number of aromatic hydroxyl groups is 1. The third-order valence-corrected chi connectivity index (χ3v) is 5.82. The van der Waals surface area contributed by atoms with Crippen LogP contribution in [0.2, 0.25) is 0 Å². The van der Waals surface area contributed by atoms with Crippen molar-refractivity contribution in [3.63, 3.8) is 0 Å². The molecule has 0 saturated carbocycles. The molecule has 4 rings (SSSR count). The van der Waals surface area contributed by atoms with E-state index in [-0.39, 0.29) is 22.9 Å². The predicted octanol–water partition coefficient (Wildman–Crippen LogP) is 4.09. The second kappa shape index (κ2) is 8.84. The number of hydrogen-bond acceptors (Lipinski definition) is 7. The molecule has 0 fully saturated rings. The van der Waals surface area contributed by atoms with Gasteiger partial charge in [-0.25, -0.2) is 9.97 Å². The minimum Gasteiger partial charge on any atom is -0.506 e. The Labute approximate surface area is 190 Å². The molecule has 7 nitrogen and oxygen atoms in total. The van der Waals surface area contributed by atoms with Crippen LogP contribution in [0.1, 0.15) is 22.5 Å². The van der Waals surface area contributed by atoms with Gasteiger partial charge in [-0.15, -0.1) is 0 Å². The van der Waals surface area contributed by atoms with Gasteiger partial charge in [-0.1, -0.05) is 36.4 Å². The van der Waals surface area contributed by atoms with Gasteiger partial charge in [0.1, 0.15) is 16.4 Å². The second-order valence-electron chi connectivity index (χ2n) is 7.57. The molecule has 0 unspecified atom stereocenters. The molecule has 0 aliphatic carbocycles. The maximum absolute atomic E-state index is 13.3. The molecular weight excluding hydrogens is 424 g/mol. The van der Waals surface area contributed by atoms with Gasteiger partial charge in [0, 0.05) is 11.4 Å². The van der Waals surface area contributed by atoms with Crippen molar-refractivity contribution in [1.82, 2.24) is 14.9 Å². The number of carbonyl (C=O) groups excluding carboxylic acids is 2. The van der Waals surface area contributed by atoms with E-state index < -0.39 is 11.8 Å². The zero-order chi connectivity index (χ0) is 22.8. The highest BCUT2D eigenvalue weighted by atomic mass is 32.2. The summed E-state index contributed by atoms with van der Waals surface area (Å²) in [5.41, 5.74) is 3.71. The van der Waals surface area contributed by atoms with Crippen LogP contribution in [-0.4, -0.2) is 31.8 Å². The Hall–Kier alpha value is -3.65. The van der Waals surface area contributed by atoms with Crippen molar-refractivity contribution in [3.8, 4) is 5.75 Å². The lowest BCUT2D eigenvalue weighted by molar-refractivity contribution is -0.137. The highest BCUT2D eigenvalue weighted by Gasteiger charge is 2.40. The van der Waals surface area contributed by atoms with Gasteiger partial charge in [-0.05, 0) is 61.9 Å². The summed E-state index contributed by atoms with van der Waals surface area (Å²) in [7, 11) is 0. The van der Waals surface area contributed by atoms with E-state index in [0.29, 0.717) is 10.8 Å². The summed E-state index contributed by atoms with van der Waals surface area (Å²) in [5.74, 6) is -0.912. The summed E-state index contributed by atoms with van der Waals surface area (Å²) in [4.78, 5) is 36.8. The monoisotopic (exact) mass is 446 g/mol. The number of aryl methyl sites for hydroxylation is 3. The number of imide groups is 1. The number of aromatic nitrogens is 2. The summed E-state index contributed by atoms with van der Waals surface area (Å²) in [6, 6.07) is 16.2. The zero-order valence-electron chi connectivity index (χ0n) is 17.9. The average Bonchev–Trinajstić information content (AvgIpc) is 2.95. The van der Waals surface area contributed by atoms with E-state index in [9.17, 15) is 14.7 Å². The van der Waals surface area contributed by atoms with E-state index in [1.54, 1.807) is 18.2 Å². The van der Waals surface area contributed by atoms with Gasteiger partial charge in [-0.2, -0.15) is 0 Å². The number of carbonyl (C=O) groups is 2. The van der Waals surface area contributed by atoms with Gasteiger partial charge < -0.3 is 10.4 Å². The predicted molar refractivity (Wildman–Crippen MR) is 123 cm³/mol. The number of nitrogens with one attached hydrogen (secondary N) is 1. The molecule has 3 aromatic rings. The number of nitrogens with zero attached hydrogens (tertiary/aromatic N) is 3. The molecule has 2 heterocycles. The molecule has 32 heavy (non-hydrogen) atoms. The number of phenolic OH excluding ortho intramolecular Hbond substituents is 1. The summed E-state index contributed by atoms with van der Waals surface area (Å²) >= 11 is 1.04. The Morgan fingerprint density at radius 2 is 1.62 bits per heavy atom. The minimum atomic E-state index is -0.466. The normalized spacial score (nSPS) is 13.8. The number of rotatable bonds is 6. The summed E-state index contributed by atoms with van der Waals surface area (Å²) < 4.78 is 0. The molecule has 0 atom stereocenters. The molecule has 1 aromatic heterocycles. The molecule has 0 bridgehead atoms. The number of anilines is 1. The first-order valence-electron chi connectivity index (χ1n) is 10.0. The van der Waals surface area contributed by atoms with E-state index in [0.717, 1.165) is 34.3 Å². The van der Waals surface area contributed by atoms with Gasteiger partial charge in [0.2, 0.25) is 0 Å². The van der Waals surface area contributed by atoms with Gasteiger partial charge in [0.15, 0.2) is 5.16 Å². The van der Waals surface area contributed by atoms with Crippen LogP contribution < -0.4 is 5.32 Å². The van der Waals surface area contributed by atoms with Crippen LogP contribution in [0.25, 0.3) is 0 Å². The summed E-state index contributed by atoms with van der Waals surface area (Å²) in [6.45, 7) is 5.71. The van der Waals surface area contributed by atoms with Crippen LogP contribution in [0, 0.1) is 20.8 Å². The van der Waals surface area contributed by atoms with E-state index in [4.69, 9.17) is 0 Å². The number of thioether (sulfide) groups is 1. The van der Waals surface area contributed by atoms with Crippen molar-refractivity contribution in [3.05, 3.63) is 87.7 Å². The number of phenols is 1. The van der Waals surface area contributed by atoms with E-state index in [2.05, 4.69) is 15.3 Å². The lowest BCUT2D eigenvalue weighted by atomic mass is 10.2. The maximum Gasteiger partial charge on any atom is 0.278 e. The van der Waals surface area contributed by atoms with E-state index in [1.807, 2.05) is 57.2 Å². The topological polar surface area (TPSA) is 95.4 Å². The highest BCUT2D eigenvalue weighted by Crippen LogP contribution is 2.36. The largest absolute Gasteiger partial charge is 0.506 e. The Kier molecular flexibility index (Phi) is 5.96. The van der Waals surface area contributed by atoms with Crippen LogP contribution in [-0.2, 0) is 16.1 Å². The minimum absolute atomic E-state index is 0.0168. The molecule has 0 spiro atoms. The molecule has 0 saturated heterocycles. The van der Waals surface area contributed by atoms with Crippen LogP contribution in [0.15, 0.2) is 70.4 Å². The lowest BCUT2D eigenvalue weighted by Gasteiger charge is -2.15. The average molecular weight is 447 g/mol. The fraction of sp³-hybridized carbons (Fsp3) is 0.167. The number of benzene rings is 2. The third-order valence-electron chi connectivity index (χ3n) is 4.88. The van der Waals surface area contributed by atoms with Gasteiger partial charge in [0.05, 0.1) is 12.2 Å². The fourth-order valence-corrected chi connectivity index (χ4v) is 4.38. The highest BCUT2D eigenvalue weighted by molar-refractivity contribution is 8.04. The maximum atomic E-state index is 13.3. The smallest absolute Gasteiger partial charge is 0.278 e. The van der Waals surface area contributed by atoms with Gasteiger partial charge in [0.25, 0.3) is 11.8 Å². The lowest BCUT2D eigenvalue weighted by Crippen LogP contribution is -2.31. The Balaban J connectivity index is 1.73. The number of hydrogen-bond donors (Lipinski definition) is 2.